The monoisotopic (exact) mass is 183 g/mol. The Morgan fingerprint density at radius 2 is 2.54 bits per heavy atom. The molecule has 1 saturated heterocycles. The van der Waals surface area contributed by atoms with E-state index in [1.807, 2.05) is 6.92 Å². The van der Waals surface area contributed by atoms with Crippen molar-refractivity contribution < 1.29 is 9.26 Å². The van der Waals surface area contributed by atoms with Crippen molar-refractivity contribution in [2.75, 3.05) is 6.61 Å². The molecule has 1 aromatic rings. The molecular formula is C8H13N3O2. The first-order chi connectivity index (χ1) is 6.21. The van der Waals surface area contributed by atoms with Crippen molar-refractivity contribution >= 4 is 0 Å². The second kappa shape index (κ2) is 3.08. The van der Waals surface area contributed by atoms with E-state index in [0.29, 0.717) is 5.82 Å². The molecule has 13 heavy (non-hydrogen) atoms. The molecule has 5 nitrogen and oxygen atoms in total. The highest BCUT2D eigenvalue weighted by molar-refractivity contribution is 5.04. The van der Waals surface area contributed by atoms with Crippen molar-refractivity contribution in [2.45, 2.75) is 31.4 Å². The molecule has 0 saturated carbocycles. The second-order valence-corrected chi connectivity index (χ2v) is 3.54. The van der Waals surface area contributed by atoms with Gasteiger partial charge in [0.25, 0.3) is 0 Å². The summed E-state index contributed by atoms with van der Waals surface area (Å²) in [5, 5.41) is 3.74. The van der Waals surface area contributed by atoms with Crippen LogP contribution in [0, 0.1) is 0 Å². The molecule has 2 rings (SSSR count). The normalized spacial score (nSPS) is 27.4. The van der Waals surface area contributed by atoms with Gasteiger partial charge in [0, 0.05) is 6.61 Å². The number of nitrogens with zero attached hydrogens (tertiary/aromatic N) is 2. The van der Waals surface area contributed by atoms with Crippen molar-refractivity contribution in [1.82, 2.24) is 10.1 Å². The largest absolute Gasteiger partial charge is 0.376 e. The Hall–Kier alpha value is -0.940. The molecular weight excluding hydrogens is 170 g/mol. The van der Waals surface area contributed by atoms with E-state index in [0.717, 1.165) is 19.4 Å². The number of ether oxygens (including phenoxy) is 1. The molecule has 2 atom stereocenters. The minimum atomic E-state index is -0.635. The Kier molecular flexibility index (Phi) is 2.05. The molecule has 2 N–H and O–H groups in total. The van der Waals surface area contributed by atoms with E-state index < -0.39 is 5.54 Å². The standard InChI is InChI=1S/C8H13N3O2/c1-8(9,6-3-2-4-12-6)7-10-5-13-11-7/h5-6H,2-4,9H2,1H3. The van der Waals surface area contributed by atoms with E-state index in [-0.39, 0.29) is 6.10 Å². The fraction of sp³-hybridized carbons (Fsp3) is 0.750. The van der Waals surface area contributed by atoms with Gasteiger partial charge in [0.1, 0.15) is 5.54 Å². The quantitative estimate of drug-likeness (QED) is 0.719. The zero-order chi connectivity index (χ0) is 9.31. The van der Waals surface area contributed by atoms with Crippen LogP contribution in [0.3, 0.4) is 0 Å². The maximum atomic E-state index is 6.08. The van der Waals surface area contributed by atoms with Crippen LogP contribution in [-0.2, 0) is 10.3 Å². The summed E-state index contributed by atoms with van der Waals surface area (Å²) in [5.74, 6) is 0.513. The third kappa shape index (κ3) is 1.45. The molecule has 1 aliphatic rings. The predicted molar refractivity (Wildman–Crippen MR) is 44.8 cm³/mol. The summed E-state index contributed by atoms with van der Waals surface area (Å²) in [6.45, 7) is 2.64. The summed E-state index contributed by atoms with van der Waals surface area (Å²) in [6.07, 6.45) is 3.30. The predicted octanol–water partition coefficient (Wildman–Crippen LogP) is 0.422. The average Bonchev–Trinajstić information content (AvgIpc) is 2.78. The molecule has 0 bridgehead atoms. The van der Waals surface area contributed by atoms with E-state index in [1.54, 1.807) is 0 Å². The Labute approximate surface area is 76.3 Å². The molecule has 2 unspecified atom stereocenters. The van der Waals surface area contributed by atoms with Crippen molar-refractivity contribution in [3.63, 3.8) is 0 Å². The van der Waals surface area contributed by atoms with Gasteiger partial charge in [0.2, 0.25) is 6.39 Å². The lowest BCUT2D eigenvalue weighted by Gasteiger charge is -2.26. The fourth-order valence-corrected chi connectivity index (χ4v) is 1.60. The molecule has 1 fully saturated rings. The van der Waals surface area contributed by atoms with Gasteiger partial charge in [-0.25, -0.2) is 0 Å². The third-order valence-electron chi connectivity index (χ3n) is 2.44. The van der Waals surface area contributed by atoms with Crippen LogP contribution in [0.1, 0.15) is 25.6 Å². The molecule has 0 spiro atoms. The molecule has 5 heteroatoms. The highest BCUT2D eigenvalue weighted by Crippen LogP contribution is 2.28. The van der Waals surface area contributed by atoms with Gasteiger partial charge in [-0.2, -0.15) is 4.98 Å². The first kappa shape index (κ1) is 8.65. The van der Waals surface area contributed by atoms with E-state index >= 15 is 0 Å². The first-order valence-corrected chi connectivity index (χ1v) is 4.38. The van der Waals surface area contributed by atoms with Crippen molar-refractivity contribution in [1.29, 1.82) is 0 Å². The number of hydrogen-bond donors (Lipinski definition) is 1. The van der Waals surface area contributed by atoms with Crippen LogP contribution in [0.4, 0.5) is 0 Å². The van der Waals surface area contributed by atoms with Gasteiger partial charge in [0.05, 0.1) is 6.10 Å². The van der Waals surface area contributed by atoms with E-state index in [1.165, 1.54) is 6.39 Å². The van der Waals surface area contributed by atoms with Gasteiger partial charge < -0.3 is 15.0 Å². The van der Waals surface area contributed by atoms with Gasteiger partial charge in [-0.05, 0) is 19.8 Å². The minimum Gasteiger partial charge on any atom is -0.376 e. The van der Waals surface area contributed by atoms with Crippen molar-refractivity contribution in [2.24, 2.45) is 5.73 Å². The number of nitrogens with two attached hydrogens (primary N) is 1. The summed E-state index contributed by atoms with van der Waals surface area (Å²) in [5.41, 5.74) is 5.44. The van der Waals surface area contributed by atoms with E-state index in [4.69, 9.17) is 10.5 Å². The Balaban J connectivity index is 2.19. The van der Waals surface area contributed by atoms with E-state index in [9.17, 15) is 0 Å². The fourth-order valence-electron chi connectivity index (χ4n) is 1.60. The number of rotatable bonds is 2. The lowest BCUT2D eigenvalue weighted by atomic mass is 9.93. The Bertz CT molecular complexity index is 265. The lowest BCUT2D eigenvalue weighted by molar-refractivity contribution is 0.0475. The molecule has 1 aromatic heterocycles. The zero-order valence-electron chi connectivity index (χ0n) is 7.56. The van der Waals surface area contributed by atoms with Gasteiger partial charge >= 0.3 is 0 Å². The highest BCUT2D eigenvalue weighted by Gasteiger charge is 2.38. The van der Waals surface area contributed by atoms with Crippen LogP contribution in [0.2, 0.25) is 0 Å². The van der Waals surface area contributed by atoms with Gasteiger partial charge in [-0.1, -0.05) is 5.16 Å². The molecule has 0 aliphatic carbocycles. The smallest absolute Gasteiger partial charge is 0.213 e. The molecule has 72 valence electrons. The molecule has 2 heterocycles. The lowest BCUT2D eigenvalue weighted by Crippen LogP contribution is -2.45. The number of aromatic nitrogens is 2. The van der Waals surface area contributed by atoms with Crippen molar-refractivity contribution in [3.8, 4) is 0 Å². The summed E-state index contributed by atoms with van der Waals surface area (Å²) < 4.78 is 10.2. The van der Waals surface area contributed by atoms with Gasteiger partial charge in [0.15, 0.2) is 5.82 Å². The second-order valence-electron chi connectivity index (χ2n) is 3.54. The molecule has 0 amide bonds. The summed E-state index contributed by atoms with van der Waals surface area (Å²) >= 11 is 0. The Morgan fingerprint density at radius 3 is 3.08 bits per heavy atom. The molecule has 0 aromatic carbocycles. The van der Waals surface area contributed by atoms with Gasteiger partial charge in [-0.15, -0.1) is 0 Å². The average molecular weight is 183 g/mol. The van der Waals surface area contributed by atoms with E-state index in [2.05, 4.69) is 14.7 Å². The molecule has 0 radical (unpaired) electrons. The van der Waals surface area contributed by atoms with Crippen LogP contribution in [0.5, 0.6) is 0 Å². The maximum Gasteiger partial charge on any atom is 0.213 e. The zero-order valence-corrected chi connectivity index (χ0v) is 7.56. The van der Waals surface area contributed by atoms with Crippen LogP contribution in [-0.4, -0.2) is 22.9 Å². The summed E-state index contributed by atoms with van der Waals surface area (Å²) in [4.78, 5) is 3.95. The van der Waals surface area contributed by atoms with Crippen LogP contribution in [0.25, 0.3) is 0 Å². The first-order valence-electron chi connectivity index (χ1n) is 4.38. The highest BCUT2D eigenvalue weighted by atomic mass is 16.5. The maximum absolute atomic E-state index is 6.08. The molecule has 1 aliphatic heterocycles. The minimum absolute atomic E-state index is 0.00472. The Morgan fingerprint density at radius 1 is 1.69 bits per heavy atom. The summed E-state index contributed by atoms with van der Waals surface area (Å²) in [6, 6.07) is 0. The van der Waals surface area contributed by atoms with Crippen LogP contribution < -0.4 is 5.73 Å². The van der Waals surface area contributed by atoms with Crippen LogP contribution >= 0.6 is 0 Å². The van der Waals surface area contributed by atoms with Crippen LogP contribution in [0.15, 0.2) is 10.9 Å². The third-order valence-corrected chi connectivity index (χ3v) is 2.44. The van der Waals surface area contributed by atoms with Gasteiger partial charge in [-0.3, -0.25) is 0 Å². The topological polar surface area (TPSA) is 74.2 Å². The SMILES string of the molecule is CC(N)(c1ncon1)C1CCCO1. The summed E-state index contributed by atoms with van der Waals surface area (Å²) in [7, 11) is 0. The van der Waals surface area contributed by atoms with Crippen molar-refractivity contribution in [3.05, 3.63) is 12.2 Å². The number of hydrogen-bond acceptors (Lipinski definition) is 5.